The van der Waals surface area contributed by atoms with Gasteiger partial charge in [0.2, 0.25) is 5.95 Å². The SMILES string of the molecule is COc1cccc(CCNc2nc(C)cc(NCC3CCCO3)n2)c1. The molecule has 1 saturated heterocycles. The maximum Gasteiger partial charge on any atom is 0.224 e. The summed E-state index contributed by atoms with van der Waals surface area (Å²) in [5.41, 5.74) is 2.16. The lowest BCUT2D eigenvalue weighted by Gasteiger charge is -2.13. The summed E-state index contributed by atoms with van der Waals surface area (Å²) in [6.07, 6.45) is 3.43. The van der Waals surface area contributed by atoms with Crippen molar-refractivity contribution in [2.75, 3.05) is 37.4 Å². The minimum absolute atomic E-state index is 0.291. The zero-order chi connectivity index (χ0) is 17.5. The molecule has 1 aromatic carbocycles. The molecule has 6 heteroatoms. The summed E-state index contributed by atoms with van der Waals surface area (Å²) in [6, 6.07) is 10.1. The standard InChI is InChI=1S/C19H26N4O2/c1-14-11-18(21-13-17-7-4-10-25-17)23-19(22-14)20-9-8-15-5-3-6-16(12-15)24-2/h3,5-6,11-12,17H,4,7-10,13H2,1-2H3,(H2,20,21,22,23). The minimum atomic E-state index is 0.291. The fourth-order valence-electron chi connectivity index (χ4n) is 2.91. The number of nitrogens with one attached hydrogen (secondary N) is 2. The number of hydrogen-bond acceptors (Lipinski definition) is 6. The molecule has 1 aromatic heterocycles. The summed E-state index contributed by atoms with van der Waals surface area (Å²) in [4.78, 5) is 9.01. The quantitative estimate of drug-likeness (QED) is 0.768. The molecule has 1 aliphatic rings. The first-order chi connectivity index (χ1) is 12.2. The van der Waals surface area contributed by atoms with Gasteiger partial charge in [-0.25, -0.2) is 4.98 Å². The number of nitrogens with zero attached hydrogens (tertiary/aromatic N) is 2. The Morgan fingerprint density at radius 1 is 1.24 bits per heavy atom. The second-order valence-electron chi connectivity index (χ2n) is 6.26. The van der Waals surface area contributed by atoms with Crippen LogP contribution < -0.4 is 15.4 Å². The van der Waals surface area contributed by atoms with Crippen LogP contribution >= 0.6 is 0 Å². The number of anilines is 2. The normalized spacial score (nSPS) is 16.6. The van der Waals surface area contributed by atoms with Gasteiger partial charge in [0.1, 0.15) is 11.6 Å². The first kappa shape index (κ1) is 17.5. The molecule has 6 nitrogen and oxygen atoms in total. The third-order valence-corrected chi connectivity index (χ3v) is 4.22. The van der Waals surface area contributed by atoms with Gasteiger partial charge in [0.25, 0.3) is 0 Å². The lowest BCUT2D eigenvalue weighted by molar-refractivity contribution is 0.120. The van der Waals surface area contributed by atoms with Crippen molar-refractivity contribution in [1.82, 2.24) is 9.97 Å². The van der Waals surface area contributed by atoms with E-state index in [0.717, 1.165) is 56.2 Å². The highest BCUT2D eigenvalue weighted by Crippen LogP contribution is 2.15. The van der Waals surface area contributed by atoms with Crippen molar-refractivity contribution in [2.24, 2.45) is 0 Å². The third kappa shape index (κ3) is 5.32. The van der Waals surface area contributed by atoms with E-state index >= 15 is 0 Å². The predicted molar refractivity (Wildman–Crippen MR) is 99.4 cm³/mol. The average molecular weight is 342 g/mol. The molecule has 25 heavy (non-hydrogen) atoms. The molecule has 1 aliphatic heterocycles. The van der Waals surface area contributed by atoms with Crippen LogP contribution in [0.1, 0.15) is 24.1 Å². The summed E-state index contributed by atoms with van der Waals surface area (Å²) in [5, 5.41) is 6.66. The number of aromatic nitrogens is 2. The Hall–Kier alpha value is -2.34. The van der Waals surface area contributed by atoms with Crippen molar-refractivity contribution in [2.45, 2.75) is 32.3 Å². The fourth-order valence-corrected chi connectivity index (χ4v) is 2.91. The molecule has 0 aliphatic carbocycles. The zero-order valence-electron chi connectivity index (χ0n) is 14.9. The number of ether oxygens (including phenoxy) is 2. The Kier molecular flexibility index (Phi) is 6.06. The minimum Gasteiger partial charge on any atom is -0.497 e. The second-order valence-corrected chi connectivity index (χ2v) is 6.26. The highest BCUT2D eigenvalue weighted by molar-refractivity contribution is 5.42. The summed E-state index contributed by atoms with van der Waals surface area (Å²) in [7, 11) is 1.68. The van der Waals surface area contributed by atoms with Crippen LogP contribution in [0, 0.1) is 6.92 Å². The van der Waals surface area contributed by atoms with E-state index in [0.29, 0.717) is 12.1 Å². The van der Waals surface area contributed by atoms with Crippen LogP contribution in [0.4, 0.5) is 11.8 Å². The molecular formula is C19H26N4O2. The fraction of sp³-hybridized carbons (Fsp3) is 0.474. The Labute approximate surface area is 149 Å². The monoisotopic (exact) mass is 342 g/mol. The van der Waals surface area contributed by atoms with Gasteiger partial charge in [-0.3, -0.25) is 0 Å². The van der Waals surface area contributed by atoms with E-state index in [9.17, 15) is 0 Å². The van der Waals surface area contributed by atoms with E-state index in [1.54, 1.807) is 7.11 Å². The molecule has 1 atom stereocenters. The Bertz CT molecular complexity index is 687. The van der Waals surface area contributed by atoms with Crippen molar-refractivity contribution in [1.29, 1.82) is 0 Å². The zero-order valence-corrected chi connectivity index (χ0v) is 14.9. The second kappa shape index (κ2) is 8.67. The molecule has 1 fully saturated rings. The predicted octanol–water partition coefficient (Wildman–Crippen LogP) is 3.04. The third-order valence-electron chi connectivity index (χ3n) is 4.22. The van der Waals surface area contributed by atoms with Gasteiger partial charge in [0.05, 0.1) is 13.2 Å². The largest absolute Gasteiger partial charge is 0.497 e. The number of hydrogen-bond donors (Lipinski definition) is 2. The lowest BCUT2D eigenvalue weighted by atomic mass is 10.1. The molecule has 0 bridgehead atoms. The molecule has 2 aromatic rings. The number of aryl methyl sites for hydroxylation is 1. The van der Waals surface area contributed by atoms with E-state index in [2.05, 4.69) is 26.7 Å². The van der Waals surface area contributed by atoms with Crippen molar-refractivity contribution >= 4 is 11.8 Å². The molecular weight excluding hydrogens is 316 g/mol. The highest BCUT2D eigenvalue weighted by atomic mass is 16.5. The van der Waals surface area contributed by atoms with Gasteiger partial charge in [0, 0.05) is 31.5 Å². The summed E-state index contributed by atoms with van der Waals surface area (Å²) in [5.74, 6) is 2.37. The first-order valence-corrected chi connectivity index (χ1v) is 8.81. The molecule has 0 amide bonds. The number of benzene rings is 1. The van der Waals surface area contributed by atoms with Gasteiger partial charge < -0.3 is 20.1 Å². The Morgan fingerprint density at radius 2 is 2.16 bits per heavy atom. The highest BCUT2D eigenvalue weighted by Gasteiger charge is 2.15. The van der Waals surface area contributed by atoms with Gasteiger partial charge in [0.15, 0.2) is 0 Å². The topological polar surface area (TPSA) is 68.3 Å². The van der Waals surface area contributed by atoms with Crippen LogP contribution in [0.15, 0.2) is 30.3 Å². The van der Waals surface area contributed by atoms with Crippen LogP contribution in [-0.2, 0) is 11.2 Å². The van der Waals surface area contributed by atoms with Crippen LogP contribution in [0.5, 0.6) is 5.75 Å². The van der Waals surface area contributed by atoms with Crippen LogP contribution in [0.3, 0.4) is 0 Å². The van der Waals surface area contributed by atoms with Crippen molar-refractivity contribution in [3.05, 3.63) is 41.6 Å². The van der Waals surface area contributed by atoms with E-state index in [1.807, 2.05) is 31.2 Å². The molecule has 1 unspecified atom stereocenters. The van der Waals surface area contributed by atoms with Crippen LogP contribution in [0.25, 0.3) is 0 Å². The smallest absolute Gasteiger partial charge is 0.224 e. The molecule has 0 saturated carbocycles. The molecule has 3 rings (SSSR count). The van der Waals surface area contributed by atoms with Gasteiger partial charge in [-0.1, -0.05) is 12.1 Å². The average Bonchev–Trinajstić information content (AvgIpc) is 3.13. The van der Waals surface area contributed by atoms with Crippen molar-refractivity contribution in [3.8, 4) is 5.75 Å². The van der Waals surface area contributed by atoms with Crippen LogP contribution in [0.2, 0.25) is 0 Å². The van der Waals surface area contributed by atoms with Crippen molar-refractivity contribution < 1.29 is 9.47 Å². The maximum absolute atomic E-state index is 5.64. The molecule has 0 spiro atoms. The van der Waals surface area contributed by atoms with Gasteiger partial charge in [-0.15, -0.1) is 0 Å². The van der Waals surface area contributed by atoms with Gasteiger partial charge in [-0.05, 0) is 43.9 Å². The summed E-state index contributed by atoms with van der Waals surface area (Å²) in [6.45, 7) is 4.40. The van der Waals surface area contributed by atoms with E-state index in [4.69, 9.17) is 9.47 Å². The van der Waals surface area contributed by atoms with Crippen LogP contribution in [-0.4, -0.2) is 42.9 Å². The Balaban J connectivity index is 1.52. The molecule has 0 radical (unpaired) electrons. The van der Waals surface area contributed by atoms with Gasteiger partial charge >= 0.3 is 0 Å². The number of rotatable bonds is 8. The first-order valence-electron chi connectivity index (χ1n) is 8.81. The van der Waals surface area contributed by atoms with Gasteiger partial charge in [-0.2, -0.15) is 4.98 Å². The summed E-state index contributed by atoms with van der Waals surface area (Å²) >= 11 is 0. The lowest BCUT2D eigenvalue weighted by Crippen LogP contribution is -2.19. The summed E-state index contributed by atoms with van der Waals surface area (Å²) < 4.78 is 10.9. The van der Waals surface area contributed by atoms with E-state index in [1.165, 1.54) is 5.56 Å². The molecule has 2 N–H and O–H groups in total. The van der Waals surface area contributed by atoms with Crippen molar-refractivity contribution in [3.63, 3.8) is 0 Å². The maximum atomic E-state index is 5.64. The molecule has 2 heterocycles. The number of methoxy groups -OCH3 is 1. The van der Waals surface area contributed by atoms with E-state index in [-0.39, 0.29) is 0 Å². The molecule has 134 valence electrons. The Morgan fingerprint density at radius 3 is 2.96 bits per heavy atom. The van der Waals surface area contributed by atoms with E-state index < -0.39 is 0 Å².